The summed E-state index contributed by atoms with van der Waals surface area (Å²) in [6.45, 7) is 8.61. The second kappa shape index (κ2) is 9.82. The molecular formula is C25H35N3O2. The number of rotatable bonds is 7. The standard InChI is InChI=1S/C25H35N3O2/c1-26-12-14-28(15-13-26)11-4-16-30-23-9-10-24-21(17-23)18-27(2)19-25(24)20-5-7-22(29-3)8-6-20/h5-10,17,25H,4,11-16,18-19H2,1-3H3. The molecule has 0 bridgehead atoms. The van der Waals surface area contributed by atoms with Gasteiger partial charge in [-0.25, -0.2) is 0 Å². The highest BCUT2D eigenvalue weighted by Crippen LogP contribution is 2.35. The summed E-state index contributed by atoms with van der Waals surface area (Å²) in [6.07, 6.45) is 1.08. The monoisotopic (exact) mass is 409 g/mol. The van der Waals surface area contributed by atoms with Crippen molar-refractivity contribution in [3.05, 3.63) is 59.2 Å². The first-order chi connectivity index (χ1) is 14.6. The van der Waals surface area contributed by atoms with Crippen molar-refractivity contribution < 1.29 is 9.47 Å². The van der Waals surface area contributed by atoms with E-state index in [9.17, 15) is 0 Å². The molecule has 0 spiro atoms. The first-order valence-corrected chi connectivity index (χ1v) is 11.1. The Balaban J connectivity index is 1.36. The number of ether oxygens (including phenoxy) is 2. The van der Waals surface area contributed by atoms with Crippen molar-refractivity contribution in [2.75, 3.05) is 67.1 Å². The average Bonchev–Trinajstić information content (AvgIpc) is 2.77. The molecule has 1 fully saturated rings. The van der Waals surface area contributed by atoms with Crippen LogP contribution in [0.15, 0.2) is 42.5 Å². The Morgan fingerprint density at radius 1 is 0.900 bits per heavy atom. The van der Waals surface area contributed by atoms with Crippen LogP contribution in [0.2, 0.25) is 0 Å². The smallest absolute Gasteiger partial charge is 0.119 e. The van der Waals surface area contributed by atoms with Gasteiger partial charge in [-0.2, -0.15) is 0 Å². The van der Waals surface area contributed by atoms with Gasteiger partial charge in [0.25, 0.3) is 0 Å². The van der Waals surface area contributed by atoms with Crippen LogP contribution in [0.4, 0.5) is 0 Å². The van der Waals surface area contributed by atoms with Gasteiger partial charge in [0, 0.05) is 51.7 Å². The lowest BCUT2D eigenvalue weighted by atomic mass is 9.84. The van der Waals surface area contributed by atoms with E-state index in [0.29, 0.717) is 5.92 Å². The van der Waals surface area contributed by atoms with Crippen LogP contribution >= 0.6 is 0 Å². The van der Waals surface area contributed by atoms with Gasteiger partial charge < -0.3 is 24.2 Å². The fourth-order valence-electron chi connectivity index (χ4n) is 4.58. The van der Waals surface area contributed by atoms with Crippen molar-refractivity contribution >= 4 is 0 Å². The third-order valence-corrected chi connectivity index (χ3v) is 6.43. The number of methoxy groups -OCH3 is 1. The topological polar surface area (TPSA) is 28.2 Å². The average molecular weight is 410 g/mol. The molecule has 0 aromatic heterocycles. The molecule has 1 atom stereocenters. The zero-order valence-corrected chi connectivity index (χ0v) is 18.6. The Hall–Kier alpha value is -2.08. The highest BCUT2D eigenvalue weighted by molar-refractivity contribution is 5.45. The maximum absolute atomic E-state index is 6.12. The van der Waals surface area contributed by atoms with E-state index in [2.05, 4.69) is 71.3 Å². The molecule has 0 N–H and O–H groups in total. The summed E-state index contributed by atoms with van der Waals surface area (Å²) in [6, 6.07) is 15.2. The Morgan fingerprint density at radius 3 is 2.37 bits per heavy atom. The van der Waals surface area contributed by atoms with E-state index in [1.807, 2.05) is 0 Å². The third-order valence-electron chi connectivity index (χ3n) is 6.43. The van der Waals surface area contributed by atoms with E-state index < -0.39 is 0 Å². The van der Waals surface area contributed by atoms with Crippen molar-refractivity contribution in [2.45, 2.75) is 18.9 Å². The normalized spacial score (nSPS) is 20.7. The molecule has 0 aliphatic carbocycles. The molecule has 2 aliphatic heterocycles. The molecule has 2 aromatic carbocycles. The van der Waals surface area contributed by atoms with Crippen LogP contribution in [0.25, 0.3) is 0 Å². The molecule has 2 aromatic rings. The number of hydrogen-bond donors (Lipinski definition) is 0. The molecule has 2 heterocycles. The number of fused-ring (bicyclic) bond motifs is 1. The van der Waals surface area contributed by atoms with Crippen LogP contribution in [-0.4, -0.2) is 81.8 Å². The quantitative estimate of drug-likeness (QED) is 0.655. The Morgan fingerprint density at radius 2 is 1.63 bits per heavy atom. The molecule has 1 unspecified atom stereocenters. The van der Waals surface area contributed by atoms with Gasteiger partial charge in [-0.15, -0.1) is 0 Å². The number of benzene rings is 2. The van der Waals surface area contributed by atoms with Gasteiger partial charge >= 0.3 is 0 Å². The van der Waals surface area contributed by atoms with Gasteiger partial charge in [-0.3, -0.25) is 0 Å². The van der Waals surface area contributed by atoms with Gasteiger partial charge in [-0.1, -0.05) is 18.2 Å². The molecule has 1 saturated heterocycles. The SMILES string of the molecule is COc1ccc(C2CN(C)Cc3cc(OCCCN4CCN(C)CC4)ccc32)cc1. The van der Waals surface area contributed by atoms with Crippen molar-refractivity contribution in [2.24, 2.45) is 0 Å². The Bertz CT molecular complexity index is 816. The highest BCUT2D eigenvalue weighted by Gasteiger charge is 2.25. The minimum absolute atomic E-state index is 0.385. The Labute approximate surface area is 181 Å². The van der Waals surface area contributed by atoms with E-state index >= 15 is 0 Å². The van der Waals surface area contributed by atoms with E-state index in [4.69, 9.17) is 9.47 Å². The van der Waals surface area contributed by atoms with Gasteiger partial charge in [0.1, 0.15) is 11.5 Å². The number of likely N-dealkylation sites (N-methyl/N-ethyl adjacent to an activating group) is 2. The maximum atomic E-state index is 6.12. The van der Waals surface area contributed by atoms with E-state index in [0.717, 1.165) is 44.2 Å². The molecule has 5 nitrogen and oxygen atoms in total. The summed E-state index contributed by atoms with van der Waals surface area (Å²) in [7, 11) is 6.11. The lowest BCUT2D eigenvalue weighted by Gasteiger charge is -2.33. The molecule has 0 radical (unpaired) electrons. The van der Waals surface area contributed by atoms with E-state index in [-0.39, 0.29) is 0 Å². The van der Waals surface area contributed by atoms with Gasteiger partial charge in [-0.05, 0) is 61.5 Å². The molecule has 0 amide bonds. The highest BCUT2D eigenvalue weighted by atomic mass is 16.5. The second-order valence-electron chi connectivity index (χ2n) is 8.73. The zero-order chi connectivity index (χ0) is 20.9. The molecule has 30 heavy (non-hydrogen) atoms. The van der Waals surface area contributed by atoms with Crippen molar-refractivity contribution in [1.82, 2.24) is 14.7 Å². The molecule has 5 heteroatoms. The predicted molar refractivity (Wildman–Crippen MR) is 122 cm³/mol. The van der Waals surface area contributed by atoms with Gasteiger partial charge in [0.15, 0.2) is 0 Å². The summed E-state index contributed by atoms with van der Waals surface area (Å²) < 4.78 is 11.4. The fourth-order valence-corrected chi connectivity index (χ4v) is 4.58. The molecule has 4 rings (SSSR count). The largest absolute Gasteiger partial charge is 0.497 e. The minimum atomic E-state index is 0.385. The lowest BCUT2D eigenvalue weighted by molar-refractivity contribution is 0.145. The minimum Gasteiger partial charge on any atom is -0.497 e. The lowest BCUT2D eigenvalue weighted by Crippen LogP contribution is -2.44. The molecule has 0 saturated carbocycles. The van der Waals surface area contributed by atoms with Gasteiger partial charge in [0.2, 0.25) is 0 Å². The summed E-state index contributed by atoms with van der Waals surface area (Å²) in [5, 5.41) is 0. The van der Waals surface area contributed by atoms with Crippen LogP contribution in [0.1, 0.15) is 29.0 Å². The van der Waals surface area contributed by atoms with Crippen molar-refractivity contribution in [3.63, 3.8) is 0 Å². The maximum Gasteiger partial charge on any atom is 0.119 e. The van der Waals surface area contributed by atoms with E-state index in [1.54, 1.807) is 7.11 Å². The van der Waals surface area contributed by atoms with Crippen molar-refractivity contribution in [3.8, 4) is 11.5 Å². The van der Waals surface area contributed by atoms with Crippen LogP contribution < -0.4 is 9.47 Å². The predicted octanol–water partition coefficient (Wildman–Crippen LogP) is 3.29. The molecule has 162 valence electrons. The second-order valence-corrected chi connectivity index (χ2v) is 8.73. The van der Waals surface area contributed by atoms with Crippen LogP contribution in [0, 0.1) is 0 Å². The van der Waals surface area contributed by atoms with E-state index in [1.165, 1.54) is 42.9 Å². The number of hydrogen-bond acceptors (Lipinski definition) is 5. The van der Waals surface area contributed by atoms with Gasteiger partial charge in [0.05, 0.1) is 13.7 Å². The first kappa shape index (κ1) is 21.2. The Kier molecular flexibility index (Phi) is 6.93. The summed E-state index contributed by atoms with van der Waals surface area (Å²) in [4.78, 5) is 7.34. The van der Waals surface area contributed by atoms with Crippen molar-refractivity contribution in [1.29, 1.82) is 0 Å². The summed E-state index contributed by atoms with van der Waals surface area (Å²) in [5.74, 6) is 2.29. The van der Waals surface area contributed by atoms with Crippen LogP contribution in [0.3, 0.4) is 0 Å². The molecular weight excluding hydrogens is 374 g/mol. The first-order valence-electron chi connectivity index (χ1n) is 11.1. The van der Waals surface area contributed by atoms with Crippen LogP contribution in [-0.2, 0) is 6.54 Å². The summed E-state index contributed by atoms with van der Waals surface area (Å²) >= 11 is 0. The zero-order valence-electron chi connectivity index (χ0n) is 18.6. The molecule has 2 aliphatic rings. The third kappa shape index (κ3) is 5.15. The number of piperazine rings is 1. The fraction of sp³-hybridized carbons (Fsp3) is 0.520. The number of nitrogens with zero attached hydrogens (tertiary/aromatic N) is 3. The summed E-state index contributed by atoms with van der Waals surface area (Å²) in [5.41, 5.74) is 4.13. The van der Waals surface area contributed by atoms with Crippen LogP contribution in [0.5, 0.6) is 11.5 Å².